The highest BCUT2D eigenvalue weighted by molar-refractivity contribution is 6.30. The van der Waals surface area contributed by atoms with Crippen LogP contribution in [0, 0.1) is 17.8 Å². The number of hydrogen-bond acceptors (Lipinski definition) is 13. The topological polar surface area (TPSA) is 279 Å². The molecule has 25 nitrogen and oxygen atoms in total. The predicted octanol–water partition coefficient (Wildman–Crippen LogP) is 4.07. The molecule has 5 aliphatic rings. The van der Waals surface area contributed by atoms with E-state index in [1.54, 1.807) is 43.1 Å². The number of likely N-dealkylation sites (N-methyl/N-ethyl adjacent to an activating group) is 7. The summed E-state index contributed by atoms with van der Waals surface area (Å²) in [6.07, 6.45) is 12.8. The van der Waals surface area contributed by atoms with Crippen LogP contribution < -0.4 is 20.7 Å². The second-order valence-corrected chi connectivity index (χ2v) is 27.4. The van der Waals surface area contributed by atoms with Crippen LogP contribution in [-0.4, -0.2) is 259 Å². The number of hydrogen-bond donors (Lipinski definition) is 3. The largest absolute Gasteiger partial charge is 0.494 e. The van der Waals surface area contributed by atoms with Crippen LogP contribution in [0.15, 0.2) is 24.3 Å². The zero-order valence-electron chi connectivity index (χ0n) is 57.5. The first-order valence-electron chi connectivity index (χ1n) is 34.4. The molecule has 1 aromatic carbocycles. The standard InChI is InChI=1S/C68H107ClN12O13/c1-11-45(2)60-67(92)75(6)43-58(85)73(4)44-59(86)77(8)53(40-47-24-15-12-16-25-47)65(90)74(5)42-55(82)71-51(34-39-94-50-32-30-49(69)31-33-50)64(89)81-38-23-28-52(81)63(88)70-35-20-19-29-56(83)79(10)61(48-26-17-13-18-27-48)68(93)78(9)54(66(91)80-36-21-14-22-37-80)41-57(84)76(7)46(3)62(87)72-60/h30-33,45-48,51-54,60-61H,11-29,34-44H2,1-10H3,(H,70,88)(H,71,82)(H,72,87)/t45-,46-,51-,52-,53-,54-,60?,61-/m0/s1. The van der Waals surface area contributed by atoms with E-state index in [9.17, 15) is 52.7 Å². The van der Waals surface area contributed by atoms with Crippen molar-refractivity contribution >= 4 is 82.5 Å². The summed E-state index contributed by atoms with van der Waals surface area (Å²) in [5, 5.41) is 9.11. The van der Waals surface area contributed by atoms with Crippen LogP contribution in [0.1, 0.15) is 162 Å². The lowest BCUT2D eigenvalue weighted by Gasteiger charge is -2.41. The van der Waals surface area contributed by atoms with E-state index in [-0.39, 0.29) is 50.3 Å². The van der Waals surface area contributed by atoms with Gasteiger partial charge in [-0.25, -0.2) is 0 Å². The minimum absolute atomic E-state index is 0.0116. The number of piperidine rings is 1. The fourth-order valence-electron chi connectivity index (χ4n) is 13.7. The molecule has 1 aromatic rings. The lowest BCUT2D eigenvalue weighted by molar-refractivity contribution is -0.155. The van der Waals surface area contributed by atoms with Crippen molar-refractivity contribution in [3.63, 3.8) is 0 Å². The van der Waals surface area contributed by atoms with E-state index in [0.717, 1.165) is 80.4 Å². The Morgan fingerprint density at radius 1 is 0.596 bits per heavy atom. The maximum atomic E-state index is 15.2. The average Bonchev–Trinajstić information content (AvgIpc) is 0.920. The van der Waals surface area contributed by atoms with Gasteiger partial charge in [0.1, 0.15) is 48.0 Å². The highest BCUT2D eigenvalue weighted by Gasteiger charge is 2.44. The maximum absolute atomic E-state index is 15.2. The second kappa shape index (κ2) is 36.7. The number of likely N-dealkylation sites (tertiary alicyclic amines) is 1. The Bertz CT molecular complexity index is 2790. The van der Waals surface area contributed by atoms with Gasteiger partial charge in [0.25, 0.3) is 0 Å². The highest BCUT2D eigenvalue weighted by Crippen LogP contribution is 2.33. The Hall–Kier alpha value is -7.05. The molecule has 8 atom stereocenters. The zero-order chi connectivity index (χ0) is 68.9. The third-order valence-electron chi connectivity index (χ3n) is 20.2. The molecule has 94 heavy (non-hydrogen) atoms. The fourth-order valence-corrected chi connectivity index (χ4v) is 13.8. The van der Waals surface area contributed by atoms with Crippen molar-refractivity contribution < 1.29 is 62.3 Å². The molecule has 0 radical (unpaired) electrons. The van der Waals surface area contributed by atoms with E-state index in [1.165, 1.54) is 78.6 Å². The molecule has 26 heteroatoms. The van der Waals surface area contributed by atoms with Crippen LogP contribution in [0.2, 0.25) is 5.02 Å². The quantitative estimate of drug-likeness (QED) is 0.298. The molecular weight excluding hydrogens is 1230 g/mol. The van der Waals surface area contributed by atoms with Gasteiger partial charge in [0.2, 0.25) is 70.9 Å². The van der Waals surface area contributed by atoms with E-state index in [2.05, 4.69) is 16.0 Å². The van der Waals surface area contributed by atoms with E-state index in [1.807, 2.05) is 6.92 Å². The first kappa shape index (κ1) is 76.0. The number of halogens is 1. The molecule has 0 spiro atoms. The van der Waals surface area contributed by atoms with Crippen molar-refractivity contribution in [3.8, 4) is 5.75 Å². The van der Waals surface area contributed by atoms with E-state index < -0.39 is 139 Å². The molecule has 3 saturated heterocycles. The SMILES string of the molecule is CC[C@H](C)C1NC(=O)[C@H](C)N(C)C(=O)C[C@@H](C(=O)N2CCCCC2)N(C)C(=O)[C@H](C2CCCCC2)N(C)C(=O)CCCCNC(=O)[C@@H]2CCCN2C(=O)[C@H](CCOc2ccc(Cl)cc2)NC(=O)CN(C)C(=O)[C@H](CC2CCCCC2)N(C)C(=O)CN(C)C(=O)CN(C)C1=O. The lowest BCUT2D eigenvalue weighted by atomic mass is 9.82. The number of nitrogens with zero attached hydrogens (tertiary/aromatic N) is 9. The minimum atomic E-state index is -1.29. The van der Waals surface area contributed by atoms with Crippen LogP contribution >= 0.6 is 11.6 Å². The molecule has 12 amide bonds. The summed E-state index contributed by atoms with van der Waals surface area (Å²) in [4.78, 5) is 185. The number of amides is 12. The van der Waals surface area contributed by atoms with Gasteiger partial charge in [0, 0.05) is 93.4 Å². The Balaban J connectivity index is 1.29. The van der Waals surface area contributed by atoms with Crippen molar-refractivity contribution in [2.24, 2.45) is 17.8 Å². The number of ether oxygens (including phenoxy) is 1. The third kappa shape index (κ3) is 21.0. The summed E-state index contributed by atoms with van der Waals surface area (Å²) in [5.74, 6) is -6.55. The number of benzene rings is 1. The number of nitrogens with one attached hydrogen (secondary N) is 3. The van der Waals surface area contributed by atoms with Crippen LogP contribution in [0.4, 0.5) is 0 Å². The third-order valence-corrected chi connectivity index (χ3v) is 20.5. The van der Waals surface area contributed by atoms with Crippen LogP contribution in [0.3, 0.4) is 0 Å². The van der Waals surface area contributed by atoms with Crippen LogP contribution in [-0.2, 0) is 57.5 Å². The van der Waals surface area contributed by atoms with Gasteiger partial charge in [-0.2, -0.15) is 0 Å². The molecule has 3 heterocycles. The number of rotatable bonds is 10. The summed E-state index contributed by atoms with van der Waals surface area (Å²) >= 11 is 6.12. The second-order valence-electron chi connectivity index (χ2n) is 27.0. The molecule has 2 aliphatic carbocycles. The molecule has 0 bridgehead atoms. The molecule has 6 rings (SSSR count). The highest BCUT2D eigenvalue weighted by atomic mass is 35.5. The maximum Gasteiger partial charge on any atom is 0.246 e. The van der Waals surface area contributed by atoms with E-state index >= 15 is 4.79 Å². The Morgan fingerprint density at radius 3 is 1.86 bits per heavy atom. The molecule has 2 saturated carbocycles. The van der Waals surface area contributed by atoms with Gasteiger partial charge in [0.15, 0.2) is 0 Å². The predicted molar refractivity (Wildman–Crippen MR) is 354 cm³/mol. The van der Waals surface area contributed by atoms with Gasteiger partial charge in [0.05, 0.1) is 32.7 Å². The summed E-state index contributed by atoms with van der Waals surface area (Å²) in [5.41, 5.74) is 0. The number of fused-ring (bicyclic) bond motifs is 1. The molecule has 1 unspecified atom stereocenters. The summed E-state index contributed by atoms with van der Waals surface area (Å²) in [7, 11) is 10.3. The monoisotopic (exact) mass is 1330 g/mol. The van der Waals surface area contributed by atoms with Crippen molar-refractivity contribution in [1.29, 1.82) is 0 Å². The normalized spacial score (nSPS) is 26.7. The fraction of sp³-hybridized carbons (Fsp3) is 0.735. The molecule has 524 valence electrons. The van der Waals surface area contributed by atoms with Gasteiger partial charge in [-0.1, -0.05) is 83.2 Å². The average molecular weight is 1340 g/mol. The first-order valence-corrected chi connectivity index (χ1v) is 34.7. The molecular formula is C68H107ClN12O13. The van der Waals surface area contributed by atoms with Gasteiger partial charge >= 0.3 is 0 Å². The van der Waals surface area contributed by atoms with Crippen LogP contribution in [0.5, 0.6) is 5.75 Å². The summed E-state index contributed by atoms with van der Waals surface area (Å²) in [6, 6.07) is -1.04. The Labute approximate surface area is 561 Å². The van der Waals surface area contributed by atoms with Crippen molar-refractivity contribution in [2.45, 2.75) is 204 Å². The van der Waals surface area contributed by atoms with Gasteiger partial charge in [-0.3, -0.25) is 57.5 Å². The van der Waals surface area contributed by atoms with Crippen LogP contribution in [0.25, 0.3) is 0 Å². The molecule has 0 aromatic heterocycles. The number of carbonyl (C=O) groups excluding carboxylic acids is 12. The van der Waals surface area contributed by atoms with Gasteiger partial charge in [-0.15, -0.1) is 0 Å². The zero-order valence-corrected chi connectivity index (χ0v) is 58.3. The van der Waals surface area contributed by atoms with Crippen molar-refractivity contribution in [2.75, 3.05) is 102 Å². The summed E-state index contributed by atoms with van der Waals surface area (Å²) < 4.78 is 5.98. The molecule has 5 fully saturated rings. The van der Waals surface area contributed by atoms with E-state index in [4.69, 9.17) is 16.3 Å². The molecule has 3 N–H and O–H groups in total. The first-order chi connectivity index (χ1) is 44.7. The van der Waals surface area contributed by atoms with Crippen molar-refractivity contribution in [1.82, 2.24) is 60.0 Å². The van der Waals surface area contributed by atoms with Gasteiger partial charge in [-0.05, 0) is 113 Å². The lowest BCUT2D eigenvalue weighted by Crippen LogP contribution is -2.59. The number of carbonyl (C=O) groups is 12. The smallest absolute Gasteiger partial charge is 0.246 e. The Kier molecular flexibility index (Phi) is 29.7. The minimum Gasteiger partial charge on any atom is -0.494 e. The van der Waals surface area contributed by atoms with Crippen molar-refractivity contribution in [3.05, 3.63) is 29.3 Å². The molecule has 3 aliphatic heterocycles. The van der Waals surface area contributed by atoms with E-state index in [0.29, 0.717) is 75.2 Å². The van der Waals surface area contributed by atoms with Gasteiger partial charge < -0.3 is 64.8 Å². The summed E-state index contributed by atoms with van der Waals surface area (Å²) in [6.45, 7) is 4.90. The Morgan fingerprint density at radius 2 is 1.21 bits per heavy atom.